The molecule has 0 radical (unpaired) electrons. The maximum absolute atomic E-state index is 6.32. The minimum absolute atomic E-state index is 0.468. The van der Waals surface area contributed by atoms with Crippen LogP contribution in [0.1, 0.15) is 17.7 Å². The first-order valence-corrected chi connectivity index (χ1v) is 9.40. The predicted octanol–water partition coefficient (Wildman–Crippen LogP) is 3.15. The molecule has 1 aliphatic rings. The molecule has 0 atom stereocenters. The van der Waals surface area contributed by atoms with Gasteiger partial charge >= 0.3 is 0 Å². The lowest BCUT2D eigenvalue weighted by Gasteiger charge is -2.06. The van der Waals surface area contributed by atoms with Crippen molar-refractivity contribution in [3.8, 4) is 11.7 Å². The van der Waals surface area contributed by atoms with Crippen molar-refractivity contribution < 1.29 is 4.74 Å². The minimum Gasteiger partial charge on any atom is -0.475 e. The van der Waals surface area contributed by atoms with Gasteiger partial charge in [-0.15, -0.1) is 5.10 Å². The van der Waals surface area contributed by atoms with Crippen molar-refractivity contribution in [3.05, 3.63) is 34.9 Å². The summed E-state index contributed by atoms with van der Waals surface area (Å²) >= 11 is 6.32. The molecule has 5 heterocycles. The van der Waals surface area contributed by atoms with E-state index in [2.05, 4.69) is 25.5 Å². The molecule has 1 N–H and O–H groups in total. The number of aromatic nitrogens is 7. The molecular weight excluding hydrogens is 380 g/mol. The van der Waals surface area contributed by atoms with Gasteiger partial charge in [0.25, 0.3) is 5.88 Å². The van der Waals surface area contributed by atoms with E-state index < -0.39 is 0 Å². The van der Waals surface area contributed by atoms with Crippen LogP contribution in [0.5, 0.6) is 5.88 Å². The second-order valence-corrected chi connectivity index (χ2v) is 7.32. The van der Waals surface area contributed by atoms with Crippen LogP contribution < -0.4 is 10.1 Å². The fourth-order valence-corrected chi connectivity index (χ4v) is 3.76. The third kappa shape index (κ3) is 2.62. The summed E-state index contributed by atoms with van der Waals surface area (Å²) in [5, 5.41) is 13.9. The van der Waals surface area contributed by atoms with E-state index in [1.54, 1.807) is 15.6 Å². The van der Waals surface area contributed by atoms with Crippen LogP contribution in [-0.4, -0.2) is 40.7 Å². The number of hydrogen-bond donors (Lipinski definition) is 1. The van der Waals surface area contributed by atoms with Crippen LogP contribution in [0.2, 0.25) is 5.02 Å². The van der Waals surface area contributed by atoms with Crippen molar-refractivity contribution in [3.63, 3.8) is 0 Å². The van der Waals surface area contributed by atoms with Gasteiger partial charge in [-0.1, -0.05) is 11.6 Å². The monoisotopic (exact) mass is 398 g/mol. The summed E-state index contributed by atoms with van der Waals surface area (Å²) in [7, 11) is 1.89. The highest BCUT2D eigenvalue weighted by Gasteiger charge is 2.22. The van der Waals surface area contributed by atoms with Crippen LogP contribution in [0.4, 0.5) is 11.6 Å². The first-order chi connectivity index (χ1) is 13.5. The van der Waals surface area contributed by atoms with E-state index in [9.17, 15) is 0 Å². The van der Waals surface area contributed by atoms with E-state index >= 15 is 0 Å². The largest absolute Gasteiger partial charge is 0.475 e. The molecule has 0 amide bonds. The number of nitrogens with one attached hydrogen (secondary N) is 1. The molecule has 0 aromatic carbocycles. The number of aryl methyl sites for hydroxylation is 3. The van der Waals surface area contributed by atoms with E-state index in [4.69, 9.17) is 16.3 Å². The maximum Gasteiger partial charge on any atom is 0.257 e. The summed E-state index contributed by atoms with van der Waals surface area (Å²) in [6, 6.07) is 0. The van der Waals surface area contributed by atoms with Gasteiger partial charge in [0.15, 0.2) is 5.82 Å². The van der Waals surface area contributed by atoms with Crippen molar-refractivity contribution in [1.29, 1.82) is 0 Å². The number of halogens is 1. The van der Waals surface area contributed by atoms with Gasteiger partial charge in [-0.3, -0.25) is 4.68 Å². The maximum atomic E-state index is 6.32. The average molecular weight is 399 g/mol. The zero-order chi connectivity index (χ0) is 19.4. The lowest BCUT2D eigenvalue weighted by atomic mass is 10.3. The molecule has 0 unspecified atom stereocenters. The number of ether oxygens (including phenoxy) is 1. The fourth-order valence-electron chi connectivity index (χ4n) is 3.51. The third-order valence-electron chi connectivity index (χ3n) is 4.86. The van der Waals surface area contributed by atoms with E-state index in [1.807, 2.05) is 37.9 Å². The Morgan fingerprint density at radius 1 is 1.21 bits per heavy atom. The van der Waals surface area contributed by atoms with Gasteiger partial charge in [0.2, 0.25) is 5.95 Å². The molecule has 0 saturated heterocycles. The molecule has 0 saturated carbocycles. The molecule has 2 bridgehead atoms. The Morgan fingerprint density at radius 3 is 2.86 bits per heavy atom. The highest BCUT2D eigenvalue weighted by molar-refractivity contribution is 6.35. The van der Waals surface area contributed by atoms with Gasteiger partial charge in [0.1, 0.15) is 11.3 Å². The molecule has 0 spiro atoms. The van der Waals surface area contributed by atoms with E-state index in [0.29, 0.717) is 23.5 Å². The second kappa shape index (κ2) is 6.23. The van der Waals surface area contributed by atoms with Crippen molar-refractivity contribution in [2.75, 3.05) is 11.9 Å². The molecule has 5 rings (SSSR count). The Labute approximate surface area is 165 Å². The van der Waals surface area contributed by atoms with Gasteiger partial charge in [0, 0.05) is 37.7 Å². The van der Waals surface area contributed by atoms with Gasteiger partial charge < -0.3 is 14.6 Å². The lowest BCUT2D eigenvalue weighted by molar-refractivity contribution is 0.291. The Hall–Kier alpha value is -3.07. The summed E-state index contributed by atoms with van der Waals surface area (Å²) < 4.78 is 11.6. The highest BCUT2D eigenvalue weighted by Crippen LogP contribution is 2.33. The average Bonchev–Trinajstić information content (AvgIpc) is 3.26. The topological polar surface area (TPSA) is 87.6 Å². The van der Waals surface area contributed by atoms with Crippen LogP contribution in [-0.2, 0) is 13.6 Å². The normalized spacial score (nSPS) is 13.9. The summed E-state index contributed by atoms with van der Waals surface area (Å²) in [5.41, 5.74) is 3.43. The minimum atomic E-state index is 0.468. The zero-order valence-electron chi connectivity index (χ0n) is 15.8. The second-order valence-electron chi connectivity index (χ2n) is 6.92. The van der Waals surface area contributed by atoms with E-state index in [1.165, 1.54) is 0 Å². The van der Waals surface area contributed by atoms with E-state index in [0.717, 1.165) is 46.8 Å². The van der Waals surface area contributed by atoms with E-state index in [-0.39, 0.29) is 0 Å². The molecule has 4 aromatic heterocycles. The lowest BCUT2D eigenvalue weighted by Crippen LogP contribution is -2.06. The fraction of sp³-hybridized carbons (Fsp3) is 0.333. The van der Waals surface area contributed by atoms with Crippen molar-refractivity contribution in [1.82, 2.24) is 34.1 Å². The smallest absolute Gasteiger partial charge is 0.257 e. The molecule has 28 heavy (non-hydrogen) atoms. The number of fused-ring (bicyclic) bond motifs is 2. The van der Waals surface area contributed by atoms with Gasteiger partial charge in [-0.05, 0) is 20.3 Å². The number of nitrogens with zero attached hydrogens (tertiary/aromatic N) is 7. The Balaban J connectivity index is 1.65. The quantitative estimate of drug-likeness (QED) is 0.530. The molecule has 0 fully saturated rings. The molecule has 0 aliphatic carbocycles. The first-order valence-electron chi connectivity index (χ1n) is 9.02. The number of rotatable bonds is 1. The standard InChI is InChI=1S/C18H19ClN8O/c1-10-8-25(3)23-15(10)27-11(2)14-17(24-27)28-6-4-5-26-9-13(19)12-7-20-18(21-14)22-16(12)26/h7-9H,4-6H2,1-3H3,(H,20,21,22). The summed E-state index contributed by atoms with van der Waals surface area (Å²) in [5.74, 6) is 1.74. The number of hydrogen-bond acceptors (Lipinski definition) is 6. The zero-order valence-corrected chi connectivity index (χ0v) is 16.5. The van der Waals surface area contributed by atoms with Crippen LogP contribution in [0.15, 0.2) is 18.6 Å². The molecular formula is C18H19ClN8O. The summed E-state index contributed by atoms with van der Waals surface area (Å²) in [4.78, 5) is 9.09. The summed E-state index contributed by atoms with van der Waals surface area (Å²) in [6.07, 6.45) is 6.38. The third-order valence-corrected chi connectivity index (χ3v) is 5.16. The Kier molecular flexibility index (Phi) is 3.80. The SMILES string of the molecule is Cc1cn(C)nc1-n1nc2c(c1C)Nc1ncc3c(Cl)cn(c3n1)CCCO2. The highest BCUT2D eigenvalue weighted by atomic mass is 35.5. The van der Waals surface area contributed by atoms with Crippen LogP contribution in [0, 0.1) is 13.8 Å². The van der Waals surface area contributed by atoms with Crippen LogP contribution in [0.25, 0.3) is 16.9 Å². The van der Waals surface area contributed by atoms with Gasteiger partial charge in [-0.25, -0.2) is 9.67 Å². The van der Waals surface area contributed by atoms with Crippen molar-refractivity contribution in [2.45, 2.75) is 26.8 Å². The molecule has 144 valence electrons. The van der Waals surface area contributed by atoms with Gasteiger partial charge in [0.05, 0.1) is 22.7 Å². The molecule has 4 aromatic rings. The molecule has 1 aliphatic heterocycles. The summed E-state index contributed by atoms with van der Waals surface area (Å²) in [6.45, 7) is 5.24. The Bertz CT molecular complexity index is 1200. The molecule has 9 nitrogen and oxygen atoms in total. The van der Waals surface area contributed by atoms with Crippen molar-refractivity contribution >= 4 is 34.3 Å². The Morgan fingerprint density at radius 2 is 2.07 bits per heavy atom. The van der Waals surface area contributed by atoms with Crippen LogP contribution in [0.3, 0.4) is 0 Å². The molecule has 10 heteroatoms. The van der Waals surface area contributed by atoms with Gasteiger partial charge in [-0.2, -0.15) is 10.1 Å². The van der Waals surface area contributed by atoms with Crippen molar-refractivity contribution in [2.24, 2.45) is 7.05 Å². The van der Waals surface area contributed by atoms with Crippen LogP contribution >= 0.6 is 11.6 Å². The predicted molar refractivity (Wildman–Crippen MR) is 106 cm³/mol. The number of anilines is 2. The first kappa shape index (κ1) is 17.1.